The van der Waals surface area contributed by atoms with Crippen LogP contribution in [0.1, 0.15) is 24.5 Å². The Morgan fingerprint density at radius 1 is 1.38 bits per heavy atom. The molecule has 1 aromatic rings. The Balaban J connectivity index is 2.86. The molecule has 0 radical (unpaired) electrons. The van der Waals surface area contributed by atoms with Crippen LogP contribution in [0, 0.1) is 6.92 Å². The maximum atomic E-state index is 9.88. The molecule has 0 fully saturated rings. The van der Waals surface area contributed by atoms with Crippen molar-refractivity contribution in [2.75, 3.05) is 20.7 Å². The third-order valence-corrected chi connectivity index (χ3v) is 2.77. The predicted molar refractivity (Wildman–Crippen MR) is 66.0 cm³/mol. The van der Waals surface area contributed by atoms with E-state index in [0.29, 0.717) is 5.75 Å². The average molecular weight is 223 g/mol. The van der Waals surface area contributed by atoms with Crippen molar-refractivity contribution in [1.82, 2.24) is 4.90 Å². The summed E-state index contributed by atoms with van der Waals surface area (Å²) >= 11 is 0. The highest BCUT2D eigenvalue weighted by Crippen LogP contribution is 2.31. The first-order valence-corrected chi connectivity index (χ1v) is 5.64. The topological polar surface area (TPSA) is 32.7 Å². The lowest BCUT2D eigenvalue weighted by molar-refractivity contribution is 0.324. The van der Waals surface area contributed by atoms with Crippen molar-refractivity contribution in [2.24, 2.45) is 0 Å². The number of benzene rings is 1. The van der Waals surface area contributed by atoms with Crippen LogP contribution >= 0.6 is 0 Å². The smallest absolute Gasteiger partial charge is 0.160 e. The van der Waals surface area contributed by atoms with E-state index in [1.54, 1.807) is 7.11 Å². The van der Waals surface area contributed by atoms with Crippen LogP contribution in [0.4, 0.5) is 0 Å². The van der Waals surface area contributed by atoms with Gasteiger partial charge in [0.1, 0.15) is 0 Å². The van der Waals surface area contributed by atoms with Gasteiger partial charge in [-0.25, -0.2) is 0 Å². The Labute approximate surface area is 97.7 Å². The van der Waals surface area contributed by atoms with Crippen LogP contribution in [0.15, 0.2) is 12.1 Å². The van der Waals surface area contributed by atoms with Gasteiger partial charge >= 0.3 is 0 Å². The highest BCUT2D eigenvalue weighted by atomic mass is 16.5. The molecule has 0 unspecified atom stereocenters. The quantitative estimate of drug-likeness (QED) is 0.832. The van der Waals surface area contributed by atoms with Crippen molar-refractivity contribution < 1.29 is 9.84 Å². The molecule has 3 nitrogen and oxygen atoms in total. The van der Waals surface area contributed by atoms with E-state index in [2.05, 4.69) is 18.9 Å². The fourth-order valence-corrected chi connectivity index (χ4v) is 1.80. The Morgan fingerprint density at radius 3 is 2.62 bits per heavy atom. The number of hydrogen-bond acceptors (Lipinski definition) is 3. The first kappa shape index (κ1) is 12.8. The highest BCUT2D eigenvalue weighted by molar-refractivity contribution is 5.48. The summed E-state index contributed by atoms with van der Waals surface area (Å²) in [6, 6.07) is 3.83. The van der Waals surface area contributed by atoms with Crippen molar-refractivity contribution in [2.45, 2.75) is 26.8 Å². The lowest BCUT2D eigenvalue weighted by atomic mass is 10.1. The Morgan fingerprint density at radius 2 is 2.06 bits per heavy atom. The van der Waals surface area contributed by atoms with Crippen LogP contribution in [-0.4, -0.2) is 30.7 Å². The van der Waals surface area contributed by atoms with E-state index >= 15 is 0 Å². The number of nitrogens with zero attached hydrogens (tertiary/aromatic N) is 1. The van der Waals surface area contributed by atoms with Gasteiger partial charge in [0.05, 0.1) is 7.11 Å². The van der Waals surface area contributed by atoms with Gasteiger partial charge in [0, 0.05) is 6.54 Å². The predicted octanol–water partition coefficient (Wildman–Crippen LogP) is 2.55. The highest BCUT2D eigenvalue weighted by Gasteiger charge is 2.10. The SMILES string of the molecule is CCCN(C)Cc1ccc(OC)c(O)c1C. The van der Waals surface area contributed by atoms with Gasteiger partial charge in [-0.3, -0.25) is 0 Å². The van der Waals surface area contributed by atoms with Crippen molar-refractivity contribution in [3.05, 3.63) is 23.3 Å². The maximum absolute atomic E-state index is 9.88. The summed E-state index contributed by atoms with van der Waals surface area (Å²) in [5, 5.41) is 9.88. The van der Waals surface area contributed by atoms with E-state index in [1.807, 2.05) is 19.1 Å². The minimum Gasteiger partial charge on any atom is -0.504 e. The van der Waals surface area contributed by atoms with E-state index in [9.17, 15) is 5.11 Å². The fourth-order valence-electron chi connectivity index (χ4n) is 1.80. The second-order valence-electron chi connectivity index (χ2n) is 4.14. The molecule has 0 saturated carbocycles. The fraction of sp³-hybridized carbons (Fsp3) is 0.538. The summed E-state index contributed by atoms with van der Waals surface area (Å²) in [5.74, 6) is 0.796. The minimum atomic E-state index is 0.255. The lowest BCUT2D eigenvalue weighted by Gasteiger charge is -2.18. The number of rotatable bonds is 5. The number of ether oxygens (including phenoxy) is 1. The van der Waals surface area contributed by atoms with E-state index in [4.69, 9.17) is 4.74 Å². The van der Waals surface area contributed by atoms with Crippen LogP contribution in [0.25, 0.3) is 0 Å². The summed E-state index contributed by atoms with van der Waals surface area (Å²) in [7, 11) is 3.65. The third-order valence-electron chi connectivity index (χ3n) is 2.77. The summed E-state index contributed by atoms with van der Waals surface area (Å²) < 4.78 is 5.07. The molecule has 0 amide bonds. The lowest BCUT2D eigenvalue weighted by Crippen LogP contribution is -2.19. The molecular weight excluding hydrogens is 202 g/mol. The molecule has 0 saturated heterocycles. The van der Waals surface area contributed by atoms with E-state index < -0.39 is 0 Å². The number of methoxy groups -OCH3 is 1. The molecule has 0 aromatic heterocycles. The van der Waals surface area contributed by atoms with Gasteiger partial charge in [0.2, 0.25) is 0 Å². The zero-order chi connectivity index (χ0) is 12.1. The molecule has 0 aliphatic heterocycles. The summed E-state index contributed by atoms with van der Waals surface area (Å²) in [4.78, 5) is 2.24. The summed E-state index contributed by atoms with van der Waals surface area (Å²) in [6.07, 6.45) is 1.14. The molecule has 0 aliphatic carbocycles. The zero-order valence-corrected chi connectivity index (χ0v) is 10.6. The molecule has 0 atom stereocenters. The van der Waals surface area contributed by atoms with Gasteiger partial charge in [0.15, 0.2) is 11.5 Å². The molecule has 0 bridgehead atoms. The first-order valence-electron chi connectivity index (χ1n) is 5.64. The second kappa shape index (κ2) is 5.75. The molecule has 0 heterocycles. The third kappa shape index (κ3) is 2.89. The second-order valence-corrected chi connectivity index (χ2v) is 4.14. The monoisotopic (exact) mass is 223 g/mol. The van der Waals surface area contributed by atoms with E-state index in [1.165, 1.54) is 0 Å². The first-order chi connectivity index (χ1) is 7.60. The summed E-state index contributed by atoms with van der Waals surface area (Å²) in [6.45, 7) is 6.01. The Kier molecular flexibility index (Phi) is 4.62. The minimum absolute atomic E-state index is 0.255. The van der Waals surface area contributed by atoms with Gasteiger partial charge in [0.25, 0.3) is 0 Å². The van der Waals surface area contributed by atoms with Crippen molar-refractivity contribution in [3.8, 4) is 11.5 Å². The Hall–Kier alpha value is -1.22. The van der Waals surface area contributed by atoms with Crippen LogP contribution in [0.5, 0.6) is 11.5 Å². The molecule has 1 rings (SSSR count). The summed E-state index contributed by atoms with van der Waals surface area (Å²) in [5.41, 5.74) is 2.05. The molecule has 3 heteroatoms. The van der Waals surface area contributed by atoms with Crippen LogP contribution in [-0.2, 0) is 6.54 Å². The van der Waals surface area contributed by atoms with Gasteiger partial charge in [-0.2, -0.15) is 0 Å². The number of aromatic hydroxyl groups is 1. The van der Waals surface area contributed by atoms with Gasteiger partial charge < -0.3 is 14.7 Å². The number of hydrogen-bond donors (Lipinski definition) is 1. The molecular formula is C13H21NO2. The van der Waals surface area contributed by atoms with E-state index in [0.717, 1.165) is 30.6 Å². The maximum Gasteiger partial charge on any atom is 0.160 e. The van der Waals surface area contributed by atoms with Crippen molar-refractivity contribution in [1.29, 1.82) is 0 Å². The number of phenolic OH excluding ortho intramolecular Hbond substituents is 1. The number of phenols is 1. The normalized spacial score (nSPS) is 10.8. The van der Waals surface area contributed by atoms with Crippen LogP contribution < -0.4 is 4.74 Å². The largest absolute Gasteiger partial charge is 0.504 e. The molecule has 16 heavy (non-hydrogen) atoms. The molecule has 0 spiro atoms. The van der Waals surface area contributed by atoms with Crippen molar-refractivity contribution in [3.63, 3.8) is 0 Å². The van der Waals surface area contributed by atoms with Gasteiger partial charge in [-0.1, -0.05) is 13.0 Å². The van der Waals surface area contributed by atoms with Crippen molar-refractivity contribution >= 4 is 0 Å². The van der Waals surface area contributed by atoms with Gasteiger partial charge in [-0.05, 0) is 44.1 Å². The molecule has 0 aliphatic rings. The molecule has 1 aromatic carbocycles. The molecule has 1 N–H and O–H groups in total. The Bertz CT molecular complexity index is 350. The van der Waals surface area contributed by atoms with Gasteiger partial charge in [-0.15, -0.1) is 0 Å². The molecule has 90 valence electrons. The average Bonchev–Trinajstić information content (AvgIpc) is 2.25. The van der Waals surface area contributed by atoms with E-state index in [-0.39, 0.29) is 5.75 Å². The standard InChI is InChI=1S/C13H21NO2/c1-5-8-14(3)9-11-6-7-12(16-4)13(15)10(11)2/h6-7,15H,5,8-9H2,1-4H3. The zero-order valence-electron chi connectivity index (χ0n) is 10.6. The van der Waals surface area contributed by atoms with Crippen LogP contribution in [0.3, 0.4) is 0 Å². The van der Waals surface area contributed by atoms with Crippen LogP contribution in [0.2, 0.25) is 0 Å².